The molecule has 0 bridgehead atoms. The number of nitrogens with zero attached hydrogens (tertiary/aromatic N) is 2. The smallest absolute Gasteiger partial charge is 0.225 e. The summed E-state index contributed by atoms with van der Waals surface area (Å²) in [7, 11) is 4.24. The maximum absolute atomic E-state index is 12.2. The van der Waals surface area contributed by atoms with Gasteiger partial charge in [0.2, 0.25) is 5.91 Å². The number of amides is 1. The Labute approximate surface area is 127 Å². The molecular formula is C17H26N2O2. The van der Waals surface area contributed by atoms with E-state index in [0.717, 1.165) is 31.7 Å². The molecule has 1 aromatic rings. The molecule has 1 saturated heterocycles. The second kappa shape index (κ2) is 8.03. The molecule has 0 saturated carbocycles. The molecule has 0 aliphatic carbocycles. The Balaban J connectivity index is 1.73. The van der Waals surface area contributed by atoms with Crippen LogP contribution >= 0.6 is 0 Å². The van der Waals surface area contributed by atoms with Crippen molar-refractivity contribution in [3.8, 4) is 5.75 Å². The maximum Gasteiger partial charge on any atom is 0.225 e. The number of hydrogen-bond acceptors (Lipinski definition) is 3. The van der Waals surface area contributed by atoms with Crippen molar-refractivity contribution < 1.29 is 9.53 Å². The van der Waals surface area contributed by atoms with Crippen LogP contribution in [0.3, 0.4) is 0 Å². The van der Waals surface area contributed by atoms with Crippen LogP contribution in [0.2, 0.25) is 0 Å². The van der Waals surface area contributed by atoms with Crippen molar-refractivity contribution in [3.63, 3.8) is 0 Å². The molecule has 21 heavy (non-hydrogen) atoms. The maximum atomic E-state index is 12.2. The Bertz CT molecular complexity index is 434. The molecule has 1 unspecified atom stereocenters. The molecule has 1 fully saturated rings. The number of carbonyl (C=O) groups excluding carboxylic acids is 1. The summed E-state index contributed by atoms with van der Waals surface area (Å²) >= 11 is 0. The lowest BCUT2D eigenvalue weighted by Crippen LogP contribution is -2.34. The van der Waals surface area contributed by atoms with Crippen LogP contribution in [-0.4, -0.2) is 55.5 Å². The van der Waals surface area contributed by atoms with Gasteiger partial charge in [-0.2, -0.15) is 0 Å². The van der Waals surface area contributed by atoms with Gasteiger partial charge in [0.1, 0.15) is 5.75 Å². The molecule has 0 aromatic heterocycles. The normalized spacial score (nSPS) is 19.4. The predicted molar refractivity (Wildman–Crippen MR) is 84.5 cm³/mol. The van der Waals surface area contributed by atoms with Crippen molar-refractivity contribution in [1.29, 1.82) is 0 Å². The largest absolute Gasteiger partial charge is 0.493 e. The van der Waals surface area contributed by atoms with E-state index in [1.165, 1.54) is 6.42 Å². The molecule has 1 aliphatic rings. The zero-order valence-corrected chi connectivity index (χ0v) is 13.1. The minimum absolute atomic E-state index is 0.213. The average molecular weight is 290 g/mol. The molecule has 4 nitrogen and oxygen atoms in total. The summed E-state index contributed by atoms with van der Waals surface area (Å²) in [4.78, 5) is 16.5. The first-order chi connectivity index (χ1) is 10.2. The van der Waals surface area contributed by atoms with E-state index < -0.39 is 0 Å². The fourth-order valence-corrected chi connectivity index (χ4v) is 2.78. The fourth-order valence-electron chi connectivity index (χ4n) is 2.78. The minimum Gasteiger partial charge on any atom is -0.493 e. The topological polar surface area (TPSA) is 32.8 Å². The van der Waals surface area contributed by atoms with Crippen LogP contribution < -0.4 is 4.74 Å². The first kappa shape index (κ1) is 15.8. The Kier molecular flexibility index (Phi) is 6.05. The van der Waals surface area contributed by atoms with Crippen molar-refractivity contribution in [2.24, 2.45) is 0 Å². The van der Waals surface area contributed by atoms with Gasteiger partial charge in [0, 0.05) is 19.1 Å². The third kappa shape index (κ3) is 5.05. The zero-order valence-electron chi connectivity index (χ0n) is 13.1. The summed E-state index contributed by atoms with van der Waals surface area (Å²) in [5.41, 5.74) is 0. The van der Waals surface area contributed by atoms with Crippen LogP contribution in [0.1, 0.15) is 25.7 Å². The van der Waals surface area contributed by atoms with Crippen molar-refractivity contribution in [1.82, 2.24) is 9.80 Å². The van der Waals surface area contributed by atoms with E-state index in [1.807, 2.05) is 35.2 Å². The highest BCUT2D eigenvalue weighted by Gasteiger charge is 2.21. The van der Waals surface area contributed by atoms with Gasteiger partial charge in [-0.25, -0.2) is 0 Å². The summed E-state index contributed by atoms with van der Waals surface area (Å²) < 4.78 is 5.60. The number of hydrogen-bond donors (Lipinski definition) is 0. The molecule has 0 N–H and O–H groups in total. The van der Waals surface area contributed by atoms with Crippen molar-refractivity contribution in [2.45, 2.75) is 31.7 Å². The monoisotopic (exact) mass is 290 g/mol. The lowest BCUT2D eigenvalue weighted by atomic mass is 10.1. The number of ether oxygens (including phenoxy) is 1. The summed E-state index contributed by atoms with van der Waals surface area (Å²) in [6.45, 7) is 2.21. The molecule has 4 heteroatoms. The SMILES string of the molecule is CN(C)C1CCCN(C(=O)CCOc2ccccc2)CC1. The molecule has 116 valence electrons. The van der Waals surface area contributed by atoms with Crippen LogP contribution in [0, 0.1) is 0 Å². The minimum atomic E-state index is 0.213. The van der Waals surface area contributed by atoms with E-state index >= 15 is 0 Å². The molecule has 2 rings (SSSR count). The van der Waals surface area contributed by atoms with Gasteiger partial charge in [-0.05, 0) is 45.5 Å². The standard InChI is InChI=1S/C17H26N2O2/c1-18(2)15-7-6-12-19(13-10-15)17(20)11-14-21-16-8-4-3-5-9-16/h3-5,8-9,15H,6-7,10-14H2,1-2H3. The van der Waals surface area contributed by atoms with E-state index in [-0.39, 0.29) is 5.91 Å². The van der Waals surface area contributed by atoms with Gasteiger partial charge in [0.05, 0.1) is 13.0 Å². The lowest BCUT2D eigenvalue weighted by molar-refractivity contribution is -0.131. The van der Waals surface area contributed by atoms with Crippen LogP contribution in [0.25, 0.3) is 0 Å². The molecular weight excluding hydrogens is 264 g/mol. The highest BCUT2D eigenvalue weighted by atomic mass is 16.5. The van der Waals surface area contributed by atoms with Crippen LogP contribution in [0.15, 0.2) is 30.3 Å². The van der Waals surface area contributed by atoms with E-state index in [1.54, 1.807) is 0 Å². The highest BCUT2D eigenvalue weighted by Crippen LogP contribution is 2.15. The molecule has 0 radical (unpaired) electrons. The van der Waals surface area contributed by atoms with Crippen LogP contribution in [0.4, 0.5) is 0 Å². The summed E-state index contributed by atoms with van der Waals surface area (Å²) in [5.74, 6) is 1.04. The Morgan fingerprint density at radius 3 is 2.71 bits per heavy atom. The summed E-state index contributed by atoms with van der Waals surface area (Å²) in [5, 5.41) is 0. The van der Waals surface area contributed by atoms with Gasteiger partial charge in [0.25, 0.3) is 0 Å². The van der Waals surface area contributed by atoms with Gasteiger partial charge in [0.15, 0.2) is 0 Å². The first-order valence-electron chi connectivity index (χ1n) is 7.79. The van der Waals surface area contributed by atoms with Crippen molar-refractivity contribution in [3.05, 3.63) is 30.3 Å². The van der Waals surface area contributed by atoms with Crippen LogP contribution in [0.5, 0.6) is 5.75 Å². The quantitative estimate of drug-likeness (QED) is 0.835. The predicted octanol–water partition coefficient (Wildman–Crippen LogP) is 2.40. The third-order valence-electron chi connectivity index (χ3n) is 4.11. The second-order valence-electron chi connectivity index (χ2n) is 5.84. The average Bonchev–Trinajstić information content (AvgIpc) is 2.74. The first-order valence-corrected chi connectivity index (χ1v) is 7.79. The zero-order chi connectivity index (χ0) is 15.1. The third-order valence-corrected chi connectivity index (χ3v) is 4.11. The molecule has 1 aromatic carbocycles. The lowest BCUT2D eigenvalue weighted by Gasteiger charge is -2.23. The van der Waals surface area contributed by atoms with Gasteiger partial charge in [-0.15, -0.1) is 0 Å². The van der Waals surface area contributed by atoms with Gasteiger partial charge < -0.3 is 14.5 Å². The fraction of sp³-hybridized carbons (Fsp3) is 0.588. The molecule has 0 spiro atoms. The summed E-state index contributed by atoms with van der Waals surface area (Å²) in [6.07, 6.45) is 3.80. The van der Waals surface area contributed by atoms with Gasteiger partial charge in [-0.1, -0.05) is 18.2 Å². The number of likely N-dealkylation sites (tertiary alicyclic amines) is 1. The number of rotatable bonds is 5. The Morgan fingerprint density at radius 1 is 1.24 bits per heavy atom. The number of carbonyl (C=O) groups is 1. The van der Waals surface area contributed by atoms with E-state index in [2.05, 4.69) is 19.0 Å². The molecule has 1 heterocycles. The number of benzene rings is 1. The summed E-state index contributed by atoms with van der Waals surface area (Å²) in [6, 6.07) is 10.3. The van der Waals surface area contributed by atoms with Gasteiger partial charge >= 0.3 is 0 Å². The Morgan fingerprint density at radius 2 is 2.00 bits per heavy atom. The number of para-hydroxylation sites is 1. The highest BCUT2D eigenvalue weighted by molar-refractivity contribution is 5.76. The van der Waals surface area contributed by atoms with Crippen molar-refractivity contribution in [2.75, 3.05) is 33.8 Å². The van der Waals surface area contributed by atoms with Crippen molar-refractivity contribution >= 4 is 5.91 Å². The molecule has 1 amide bonds. The van der Waals surface area contributed by atoms with E-state index in [9.17, 15) is 4.79 Å². The Hall–Kier alpha value is -1.55. The molecule has 1 aliphatic heterocycles. The second-order valence-corrected chi connectivity index (χ2v) is 5.84. The van der Waals surface area contributed by atoms with E-state index in [0.29, 0.717) is 19.1 Å². The molecule has 1 atom stereocenters. The van der Waals surface area contributed by atoms with E-state index in [4.69, 9.17) is 4.74 Å². The van der Waals surface area contributed by atoms with Gasteiger partial charge in [-0.3, -0.25) is 4.79 Å². The van der Waals surface area contributed by atoms with Crippen LogP contribution in [-0.2, 0) is 4.79 Å².